The highest BCUT2D eigenvalue weighted by atomic mass is 35.5. The van der Waals surface area contributed by atoms with E-state index < -0.39 is 0 Å². The molecule has 0 atom stereocenters. The van der Waals surface area contributed by atoms with Gasteiger partial charge < -0.3 is 10.2 Å². The molecule has 0 unspecified atom stereocenters. The maximum atomic E-state index is 12.8. The molecule has 3 aromatic rings. The molecule has 4 heteroatoms. The van der Waals surface area contributed by atoms with Crippen LogP contribution in [0.15, 0.2) is 60.7 Å². The predicted molar refractivity (Wildman–Crippen MR) is 113 cm³/mol. The molecule has 3 aromatic carbocycles. The van der Waals surface area contributed by atoms with Crippen LogP contribution in [0.5, 0.6) is 0 Å². The zero-order valence-corrected chi connectivity index (χ0v) is 16.2. The van der Waals surface area contributed by atoms with Gasteiger partial charge in [-0.15, -0.1) is 0 Å². The van der Waals surface area contributed by atoms with Crippen molar-refractivity contribution in [3.8, 4) is 0 Å². The normalized spacial score (nSPS) is 15.8. The van der Waals surface area contributed by atoms with Gasteiger partial charge in [-0.1, -0.05) is 41.9 Å². The molecule has 0 saturated carbocycles. The number of hydrogen-bond donors (Lipinski definition) is 1. The number of nitrogens with one attached hydrogen (secondary N) is 1. The van der Waals surface area contributed by atoms with Crippen LogP contribution in [0.2, 0.25) is 5.02 Å². The Balaban J connectivity index is 1.72. The van der Waals surface area contributed by atoms with Crippen molar-refractivity contribution in [2.45, 2.75) is 18.8 Å². The van der Waals surface area contributed by atoms with Crippen molar-refractivity contribution in [2.75, 3.05) is 25.5 Å². The second kappa shape index (κ2) is 7.71. The standard InChI is InChI=1S/C23H23ClN2O/c1-26-14-12-17(13-15-26)22-20-5-3-2-4-16(20)8-11-21(22)25-23(27)18-6-9-19(24)10-7-18/h2-11,17H,12-15H2,1H3,(H,25,27). The van der Waals surface area contributed by atoms with Crippen LogP contribution in [0.1, 0.15) is 34.7 Å². The Bertz CT molecular complexity index is 960. The van der Waals surface area contributed by atoms with Gasteiger partial charge in [-0.2, -0.15) is 0 Å². The van der Waals surface area contributed by atoms with Crippen molar-refractivity contribution in [3.63, 3.8) is 0 Å². The molecule has 0 bridgehead atoms. The number of nitrogens with zero attached hydrogens (tertiary/aromatic N) is 1. The second-order valence-electron chi connectivity index (χ2n) is 7.29. The molecule has 1 fully saturated rings. The van der Waals surface area contributed by atoms with Crippen LogP contribution in [0, 0.1) is 0 Å². The Morgan fingerprint density at radius 3 is 2.44 bits per heavy atom. The highest BCUT2D eigenvalue weighted by Gasteiger charge is 2.23. The number of amides is 1. The summed E-state index contributed by atoms with van der Waals surface area (Å²) in [5, 5.41) is 6.24. The van der Waals surface area contributed by atoms with Gasteiger partial charge in [0, 0.05) is 16.3 Å². The first-order valence-corrected chi connectivity index (χ1v) is 9.77. The Kier molecular flexibility index (Phi) is 5.15. The number of benzene rings is 3. The van der Waals surface area contributed by atoms with E-state index in [0.717, 1.165) is 31.6 Å². The highest BCUT2D eigenvalue weighted by molar-refractivity contribution is 6.30. The molecule has 1 aliphatic rings. The minimum atomic E-state index is -0.101. The number of likely N-dealkylation sites (tertiary alicyclic amines) is 1. The second-order valence-corrected chi connectivity index (χ2v) is 7.72. The predicted octanol–water partition coefficient (Wildman–Crippen LogP) is 5.55. The number of anilines is 1. The fraction of sp³-hybridized carbons (Fsp3) is 0.261. The van der Waals surface area contributed by atoms with Gasteiger partial charge in [0.15, 0.2) is 0 Å². The first kappa shape index (κ1) is 18.0. The Morgan fingerprint density at radius 2 is 1.70 bits per heavy atom. The van der Waals surface area contributed by atoms with Crippen LogP contribution < -0.4 is 5.32 Å². The Labute approximate surface area is 164 Å². The quantitative estimate of drug-likeness (QED) is 0.647. The third kappa shape index (κ3) is 3.85. The van der Waals surface area contributed by atoms with Gasteiger partial charge in [0.05, 0.1) is 0 Å². The van der Waals surface area contributed by atoms with Gasteiger partial charge in [0.25, 0.3) is 5.91 Å². The first-order valence-electron chi connectivity index (χ1n) is 9.39. The van der Waals surface area contributed by atoms with Crippen molar-refractivity contribution < 1.29 is 4.79 Å². The lowest BCUT2D eigenvalue weighted by Crippen LogP contribution is -2.29. The Morgan fingerprint density at radius 1 is 1.00 bits per heavy atom. The number of rotatable bonds is 3. The lowest BCUT2D eigenvalue weighted by Gasteiger charge is -2.31. The van der Waals surface area contributed by atoms with E-state index in [-0.39, 0.29) is 5.91 Å². The third-order valence-corrected chi connectivity index (χ3v) is 5.70. The van der Waals surface area contributed by atoms with E-state index in [9.17, 15) is 4.79 Å². The molecule has 3 nitrogen and oxygen atoms in total. The zero-order chi connectivity index (χ0) is 18.8. The van der Waals surface area contributed by atoms with Crippen molar-refractivity contribution in [1.29, 1.82) is 0 Å². The van der Waals surface area contributed by atoms with Crippen molar-refractivity contribution >= 4 is 34.0 Å². The fourth-order valence-electron chi connectivity index (χ4n) is 3.94. The number of carbonyl (C=O) groups excluding carboxylic acids is 1. The summed E-state index contributed by atoms with van der Waals surface area (Å²) in [6.45, 7) is 2.16. The summed E-state index contributed by atoms with van der Waals surface area (Å²) in [6, 6.07) is 19.6. The van der Waals surface area contributed by atoms with Gasteiger partial charge in [-0.3, -0.25) is 4.79 Å². The molecule has 1 saturated heterocycles. The van der Waals surface area contributed by atoms with Crippen LogP contribution in [0.25, 0.3) is 10.8 Å². The molecule has 27 heavy (non-hydrogen) atoms. The number of carbonyl (C=O) groups is 1. The van der Waals surface area contributed by atoms with E-state index in [2.05, 4.69) is 47.6 Å². The van der Waals surface area contributed by atoms with E-state index in [1.165, 1.54) is 16.3 Å². The lowest BCUT2D eigenvalue weighted by atomic mass is 9.85. The van der Waals surface area contributed by atoms with E-state index in [1.54, 1.807) is 24.3 Å². The van der Waals surface area contributed by atoms with Crippen LogP contribution in [0.4, 0.5) is 5.69 Å². The van der Waals surface area contributed by atoms with Crippen LogP contribution in [0.3, 0.4) is 0 Å². The van der Waals surface area contributed by atoms with E-state index in [4.69, 9.17) is 11.6 Å². The van der Waals surface area contributed by atoms with Crippen LogP contribution in [-0.4, -0.2) is 30.9 Å². The van der Waals surface area contributed by atoms with Crippen molar-refractivity contribution in [2.24, 2.45) is 0 Å². The summed E-state index contributed by atoms with van der Waals surface area (Å²) < 4.78 is 0. The van der Waals surface area contributed by atoms with Gasteiger partial charge in [0.1, 0.15) is 0 Å². The maximum absolute atomic E-state index is 12.8. The van der Waals surface area contributed by atoms with Crippen LogP contribution in [-0.2, 0) is 0 Å². The highest BCUT2D eigenvalue weighted by Crippen LogP contribution is 2.38. The first-order chi connectivity index (χ1) is 13.1. The molecule has 0 radical (unpaired) electrons. The summed E-state index contributed by atoms with van der Waals surface area (Å²) in [4.78, 5) is 15.2. The van der Waals surface area contributed by atoms with E-state index in [0.29, 0.717) is 16.5 Å². The SMILES string of the molecule is CN1CCC(c2c(NC(=O)c3ccc(Cl)cc3)ccc3ccccc23)CC1. The van der Waals surface area contributed by atoms with Gasteiger partial charge >= 0.3 is 0 Å². The van der Waals surface area contributed by atoms with Gasteiger partial charge in [-0.25, -0.2) is 0 Å². The molecular formula is C23H23ClN2O. The summed E-state index contributed by atoms with van der Waals surface area (Å²) in [5.74, 6) is 0.351. The van der Waals surface area contributed by atoms with Gasteiger partial charge in [-0.05, 0) is 85.6 Å². The molecule has 1 aliphatic heterocycles. The van der Waals surface area contributed by atoms with Crippen molar-refractivity contribution in [3.05, 3.63) is 76.8 Å². The van der Waals surface area contributed by atoms with Crippen molar-refractivity contribution in [1.82, 2.24) is 4.90 Å². The smallest absolute Gasteiger partial charge is 0.255 e. The molecule has 1 heterocycles. The average Bonchev–Trinajstić information content (AvgIpc) is 2.69. The topological polar surface area (TPSA) is 32.3 Å². The monoisotopic (exact) mass is 378 g/mol. The Hall–Kier alpha value is -2.36. The third-order valence-electron chi connectivity index (χ3n) is 5.45. The zero-order valence-electron chi connectivity index (χ0n) is 15.4. The molecular weight excluding hydrogens is 356 g/mol. The molecule has 4 rings (SSSR count). The molecule has 0 aromatic heterocycles. The molecule has 1 N–H and O–H groups in total. The summed E-state index contributed by atoms with van der Waals surface area (Å²) in [6.07, 6.45) is 2.21. The maximum Gasteiger partial charge on any atom is 0.255 e. The number of piperidine rings is 1. The molecule has 0 aliphatic carbocycles. The summed E-state index contributed by atoms with van der Waals surface area (Å²) in [5.41, 5.74) is 2.80. The fourth-order valence-corrected chi connectivity index (χ4v) is 4.06. The lowest BCUT2D eigenvalue weighted by molar-refractivity contribution is 0.102. The van der Waals surface area contributed by atoms with E-state index in [1.807, 2.05) is 6.07 Å². The summed E-state index contributed by atoms with van der Waals surface area (Å²) >= 11 is 5.94. The number of hydrogen-bond acceptors (Lipinski definition) is 2. The minimum absolute atomic E-state index is 0.101. The van der Waals surface area contributed by atoms with Gasteiger partial charge in [0.2, 0.25) is 0 Å². The van der Waals surface area contributed by atoms with E-state index >= 15 is 0 Å². The molecule has 1 amide bonds. The largest absolute Gasteiger partial charge is 0.322 e. The summed E-state index contributed by atoms with van der Waals surface area (Å²) in [7, 11) is 2.17. The van der Waals surface area contributed by atoms with Crippen LogP contribution >= 0.6 is 11.6 Å². The number of halogens is 1. The average molecular weight is 379 g/mol. The molecule has 138 valence electrons. The number of fused-ring (bicyclic) bond motifs is 1. The minimum Gasteiger partial charge on any atom is -0.322 e. The molecule has 0 spiro atoms.